The van der Waals surface area contributed by atoms with Crippen molar-refractivity contribution in [3.05, 3.63) is 18.7 Å². The predicted octanol–water partition coefficient (Wildman–Crippen LogP) is 0.387. The highest BCUT2D eigenvalue weighted by molar-refractivity contribution is 5.81. The molecule has 0 fully saturated rings. The summed E-state index contributed by atoms with van der Waals surface area (Å²) in [7, 11) is 1.78. The molecule has 0 saturated heterocycles. The highest BCUT2D eigenvalue weighted by Gasteiger charge is 2.07. The first kappa shape index (κ1) is 12.7. The molecule has 5 nitrogen and oxygen atoms in total. The Morgan fingerprint density at radius 1 is 1.50 bits per heavy atom. The first-order chi connectivity index (χ1) is 7.74. The smallest absolute Gasteiger partial charge is 0.236 e. The van der Waals surface area contributed by atoms with Crippen LogP contribution in [0.2, 0.25) is 0 Å². The summed E-state index contributed by atoms with van der Waals surface area (Å²) >= 11 is 0. The Kier molecular flexibility index (Phi) is 5.56. The molecule has 0 spiro atoms. The molecular formula is C11H20N4O. The lowest BCUT2D eigenvalue weighted by Gasteiger charge is -2.10. The summed E-state index contributed by atoms with van der Waals surface area (Å²) in [5.74, 6) is 0.0603. The van der Waals surface area contributed by atoms with Crippen LogP contribution in [0, 0.1) is 0 Å². The monoisotopic (exact) mass is 224 g/mol. The van der Waals surface area contributed by atoms with Crippen LogP contribution in [0.15, 0.2) is 18.7 Å². The van der Waals surface area contributed by atoms with Crippen molar-refractivity contribution in [1.82, 2.24) is 20.2 Å². The van der Waals surface area contributed by atoms with Gasteiger partial charge in [-0.15, -0.1) is 0 Å². The maximum Gasteiger partial charge on any atom is 0.236 e. The molecule has 0 bridgehead atoms. The van der Waals surface area contributed by atoms with Gasteiger partial charge >= 0.3 is 0 Å². The van der Waals surface area contributed by atoms with Crippen molar-refractivity contribution in [2.45, 2.75) is 32.4 Å². The van der Waals surface area contributed by atoms with Crippen LogP contribution in [-0.4, -0.2) is 35.1 Å². The first-order valence-electron chi connectivity index (χ1n) is 5.64. The van der Waals surface area contributed by atoms with Crippen LogP contribution in [-0.2, 0) is 11.3 Å². The van der Waals surface area contributed by atoms with Gasteiger partial charge in [0.05, 0.1) is 12.4 Å². The first-order valence-corrected chi connectivity index (χ1v) is 5.64. The number of amides is 1. The average molecular weight is 224 g/mol. The summed E-state index contributed by atoms with van der Waals surface area (Å²) in [6.07, 6.45) is 7.56. The van der Waals surface area contributed by atoms with Crippen molar-refractivity contribution in [2.75, 3.05) is 13.6 Å². The maximum atomic E-state index is 11.4. The topological polar surface area (TPSA) is 59.0 Å². The van der Waals surface area contributed by atoms with Gasteiger partial charge in [-0.1, -0.05) is 0 Å². The third-order valence-corrected chi connectivity index (χ3v) is 2.53. The summed E-state index contributed by atoms with van der Waals surface area (Å²) in [5, 5.41) is 5.79. The van der Waals surface area contributed by atoms with E-state index >= 15 is 0 Å². The summed E-state index contributed by atoms with van der Waals surface area (Å²) < 4.78 is 2.04. The van der Waals surface area contributed by atoms with Crippen LogP contribution in [0.1, 0.15) is 19.8 Å². The van der Waals surface area contributed by atoms with E-state index in [1.165, 1.54) is 0 Å². The molecule has 0 aromatic carbocycles. The number of rotatable bonds is 7. The lowest BCUT2D eigenvalue weighted by Crippen LogP contribution is -2.40. The van der Waals surface area contributed by atoms with E-state index in [1.54, 1.807) is 13.2 Å². The molecule has 0 saturated carbocycles. The van der Waals surface area contributed by atoms with Crippen molar-refractivity contribution < 1.29 is 4.79 Å². The zero-order chi connectivity index (χ0) is 11.8. The largest absolute Gasteiger partial charge is 0.355 e. The fraction of sp³-hybridized carbons (Fsp3) is 0.636. The zero-order valence-corrected chi connectivity index (χ0v) is 9.94. The molecule has 0 aliphatic heterocycles. The predicted molar refractivity (Wildman–Crippen MR) is 63.0 cm³/mol. The number of unbranched alkanes of at least 4 members (excludes halogenated alkanes) is 1. The molecule has 1 aromatic heterocycles. The number of nitrogens with one attached hydrogen (secondary N) is 2. The fourth-order valence-electron chi connectivity index (χ4n) is 1.33. The summed E-state index contributed by atoms with van der Waals surface area (Å²) in [5.41, 5.74) is 0. The second kappa shape index (κ2) is 7.00. The van der Waals surface area contributed by atoms with E-state index in [0.717, 1.165) is 25.9 Å². The molecule has 1 amide bonds. The van der Waals surface area contributed by atoms with Gasteiger partial charge in [0.1, 0.15) is 0 Å². The molecule has 1 atom stereocenters. The minimum absolute atomic E-state index is 0.0603. The van der Waals surface area contributed by atoms with Gasteiger partial charge in [0.25, 0.3) is 0 Å². The molecule has 1 unspecified atom stereocenters. The van der Waals surface area contributed by atoms with E-state index in [4.69, 9.17) is 0 Å². The number of aromatic nitrogens is 2. The molecule has 0 aliphatic rings. The van der Waals surface area contributed by atoms with E-state index in [-0.39, 0.29) is 11.9 Å². The lowest BCUT2D eigenvalue weighted by atomic mass is 10.3. The molecule has 0 radical (unpaired) electrons. The molecule has 1 rings (SSSR count). The maximum absolute atomic E-state index is 11.4. The lowest BCUT2D eigenvalue weighted by molar-refractivity contribution is -0.122. The Morgan fingerprint density at radius 2 is 2.31 bits per heavy atom. The molecule has 5 heteroatoms. The van der Waals surface area contributed by atoms with Crippen LogP contribution in [0.4, 0.5) is 0 Å². The third-order valence-electron chi connectivity index (χ3n) is 2.53. The highest BCUT2D eigenvalue weighted by Crippen LogP contribution is 1.94. The van der Waals surface area contributed by atoms with Crippen molar-refractivity contribution in [3.63, 3.8) is 0 Å². The number of imidazole rings is 1. The summed E-state index contributed by atoms with van der Waals surface area (Å²) in [4.78, 5) is 15.3. The normalized spacial score (nSPS) is 12.4. The Balaban J connectivity index is 2.02. The molecule has 2 N–H and O–H groups in total. The number of nitrogens with zero attached hydrogens (tertiary/aromatic N) is 2. The minimum Gasteiger partial charge on any atom is -0.355 e. The number of likely N-dealkylation sites (N-methyl/N-ethyl adjacent to an activating group) is 1. The Bertz CT molecular complexity index is 297. The fourth-order valence-corrected chi connectivity index (χ4v) is 1.33. The van der Waals surface area contributed by atoms with E-state index in [1.807, 2.05) is 24.0 Å². The van der Waals surface area contributed by atoms with Crippen molar-refractivity contribution in [1.29, 1.82) is 0 Å². The van der Waals surface area contributed by atoms with Gasteiger partial charge in [0.15, 0.2) is 0 Å². The van der Waals surface area contributed by atoms with Crippen LogP contribution in [0.25, 0.3) is 0 Å². The van der Waals surface area contributed by atoms with E-state index < -0.39 is 0 Å². The standard InChI is InChI=1S/C11H20N4O/c1-10(12-2)11(16)14-5-3-4-7-15-8-6-13-9-15/h6,8-10,12H,3-5,7H2,1-2H3,(H,14,16). The summed E-state index contributed by atoms with van der Waals surface area (Å²) in [6, 6.07) is -0.117. The Hall–Kier alpha value is -1.36. The SMILES string of the molecule is CNC(C)C(=O)NCCCCn1ccnc1. The minimum atomic E-state index is -0.117. The van der Waals surface area contributed by atoms with Crippen LogP contribution in [0.5, 0.6) is 0 Å². The average Bonchev–Trinajstić information content (AvgIpc) is 2.80. The van der Waals surface area contributed by atoms with Gasteiger partial charge in [-0.25, -0.2) is 4.98 Å². The third kappa shape index (κ3) is 4.44. The molecule has 1 aromatic rings. The molecule has 16 heavy (non-hydrogen) atoms. The van der Waals surface area contributed by atoms with Crippen molar-refractivity contribution >= 4 is 5.91 Å². The van der Waals surface area contributed by atoms with Crippen molar-refractivity contribution in [3.8, 4) is 0 Å². The highest BCUT2D eigenvalue weighted by atomic mass is 16.2. The molecule has 90 valence electrons. The van der Waals surface area contributed by atoms with Gasteiger partial charge in [0, 0.05) is 25.5 Å². The Morgan fingerprint density at radius 3 is 2.94 bits per heavy atom. The van der Waals surface area contributed by atoms with Crippen molar-refractivity contribution in [2.24, 2.45) is 0 Å². The number of carbonyl (C=O) groups excluding carboxylic acids is 1. The second-order valence-corrected chi connectivity index (χ2v) is 3.81. The van der Waals surface area contributed by atoms with Gasteiger partial charge in [0.2, 0.25) is 5.91 Å². The molecular weight excluding hydrogens is 204 g/mol. The Labute approximate surface area is 96.3 Å². The van der Waals surface area contributed by atoms with E-state index in [0.29, 0.717) is 0 Å². The molecule has 1 heterocycles. The number of hydrogen-bond acceptors (Lipinski definition) is 3. The van der Waals surface area contributed by atoms with Crippen LogP contribution < -0.4 is 10.6 Å². The van der Waals surface area contributed by atoms with Gasteiger partial charge in [-0.05, 0) is 26.8 Å². The van der Waals surface area contributed by atoms with Crippen LogP contribution >= 0.6 is 0 Å². The number of carbonyl (C=O) groups is 1. The van der Waals surface area contributed by atoms with Gasteiger partial charge in [-0.2, -0.15) is 0 Å². The number of aryl methyl sites for hydroxylation is 1. The van der Waals surface area contributed by atoms with E-state index in [2.05, 4.69) is 15.6 Å². The number of hydrogen-bond donors (Lipinski definition) is 2. The van der Waals surface area contributed by atoms with Gasteiger partial charge in [-0.3, -0.25) is 4.79 Å². The quantitative estimate of drug-likeness (QED) is 0.659. The summed E-state index contributed by atoms with van der Waals surface area (Å²) in [6.45, 7) is 3.54. The van der Waals surface area contributed by atoms with E-state index in [9.17, 15) is 4.79 Å². The second-order valence-electron chi connectivity index (χ2n) is 3.81. The van der Waals surface area contributed by atoms with Crippen LogP contribution in [0.3, 0.4) is 0 Å². The van der Waals surface area contributed by atoms with Gasteiger partial charge < -0.3 is 15.2 Å². The molecule has 0 aliphatic carbocycles. The zero-order valence-electron chi connectivity index (χ0n) is 9.94.